The average Bonchev–Trinajstić information content (AvgIpc) is 3.15. The molecule has 3 nitrogen and oxygen atoms in total. The van der Waals surface area contributed by atoms with Gasteiger partial charge in [0.2, 0.25) is 5.95 Å². The van der Waals surface area contributed by atoms with Crippen LogP contribution in [0.25, 0.3) is 10.4 Å². The van der Waals surface area contributed by atoms with Gasteiger partial charge in [-0.3, -0.25) is 0 Å². The number of halogens is 1. The van der Waals surface area contributed by atoms with Gasteiger partial charge in [-0.15, -0.1) is 11.3 Å². The second-order valence-corrected chi connectivity index (χ2v) is 6.65. The fraction of sp³-hybridized carbons (Fsp3) is 0.400. The van der Waals surface area contributed by atoms with Crippen molar-refractivity contribution in [3.8, 4) is 10.4 Å². The first-order chi connectivity index (χ1) is 9.70. The molecule has 3 N–H and O–H groups in total. The molecule has 3 atom stereocenters. The molecule has 2 aliphatic heterocycles. The molecule has 0 aromatic carbocycles. The van der Waals surface area contributed by atoms with E-state index < -0.39 is 5.95 Å². The van der Waals surface area contributed by atoms with Gasteiger partial charge in [-0.05, 0) is 37.0 Å². The Hall–Kier alpha value is -1.46. The zero-order valence-electron chi connectivity index (χ0n) is 11.0. The van der Waals surface area contributed by atoms with E-state index in [-0.39, 0.29) is 0 Å². The third-order valence-electron chi connectivity index (χ3n) is 4.47. The lowest BCUT2D eigenvalue weighted by atomic mass is 9.84. The number of pyridine rings is 1. The Morgan fingerprint density at radius 3 is 2.90 bits per heavy atom. The highest BCUT2D eigenvalue weighted by atomic mass is 32.1. The van der Waals surface area contributed by atoms with E-state index in [1.807, 2.05) is 17.5 Å². The minimum absolute atomic E-state index is 0.410. The molecular formula is C15H16FN3S. The first-order valence-corrected chi connectivity index (χ1v) is 7.84. The van der Waals surface area contributed by atoms with Crippen LogP contribution in [-0.2, 0) is 0 Å². The van der Waals surface area contributed by atoms with Gasteiger partial charge in [0.25, 0.3) is 0 Å². The second kappa shape index (κ2) is 4.53. The highest BCUT2D eigenvalue weighted by Crippen LogP contribution is 2.41. The molecule has 20 heavy (non-hydrogen) atoms. The number of nitrogens with two attached hydrogens (primary N) is 1. The van der Waals surface area contributed by atoms with Gasteiger partial charge in [0.15, 0.2) is 0 Å². The molecular weight excluding hydrogens is 273 g/mol. The number of thiophene rings is 1. The van der Waals surface area contributed by atoms with Crippen molar-refractivity contribution >= 4 is 17.0 Å². The van der Waals surface area contributed by atoms with Crippen LogP contribution < -0.4 is 11.1 Å². The molecule has 2 aliphatic rings. The third kappa shape index (κ3) is 1.93. The third-order valence-corrected chi connectivity index (χ3v) is 5.46. The lowest BCUT2D eigenvalue weighted by molar-refractivity contribution is 0.502. The van der Waals surface area contributed by atoms with Crippen molar-refractivity contribution in [2.75, 3.05) is 5.73 Å². The van der Waals surface area contributed by atoms with E-state index in [1.165, 1.54) is 24.2 Å². The molecule has 104 valence electrons. The summed E-state index contributed by atoms with van der Waals surface area (Å²) in [4.78, 5) is 4.82. The van der Waals surface area contributed by atoms with Crippen LogP contribution in [0.5, 0.6) is 0 Å². The van der Waals surface area contributed by atoms with Gasteiger partial charge in [0.1, 0.15) is 0 Å². The SMILES string of the molecule is Nc1csc(-c2cc(C3CC4CCC3N4)cnc2F)c1. The molecule has 4 heterocycles. The molecule has 2 saturated heterocycles. The van der Waals surface area contributed by atoms with Gasteiger partial charge in [-0.25, -0.2) is 4.98 Å². The van der Waals surface area contributed by atoms with Gasteiger partial charge in [0.05, 0.1) is 0 Å². The summed E-state index contributed by atoms with van der Waals surface area (Å²) in [7, 11) is 0. The summed E-state index contributed by atoms with van der Waals surface area (Å²) in [5.74, 6) is 0.0598. The molecule has 3 unspecified atom stereocenters. The number of fused-ring (bicyclic) bond motifs is 2. The highest BCUT2D eigenvalue weighted by molar-refractivity contribution is 7.14. The number of nitrogen functional groups attached to an aromatic ring is 1. The maximum Gasteiger partial charge on any atom is 0.221 e. The smallest absolute Gasteiger partial charge is 0.221 e. The fourth-order valence-electron chi connectivity index (χ4n) is 3.52. The largest absolute Gasteiger partial charge is 0.398 e. The van der Waals surface area contributed by atoms with E-state index in [1.54, 1.807) is 6.20 Å². The molecule has 2 aromatic heterocycles. The molecule has 2 aromatic rings. The Balaban J connectivity index is 1.72. The molecule has 2 bridgehead atoms. The topological polar surface area (TPSA) is 50.9 Å². The van der Waals surface area contributed by atoms with Crippen LogP contribution in [0.3, 0.4) is 0 Å². The Bertz CT molecular complexity index is 654. The Morgan fingerprint density at radius 1 is 1.35 bits per heavy atom. The minimum Gasteiger partial charge on any atom is -0.398 e. The summed E-state index contributed by atoms with van der Waals surface area (Å²) in [6.45, 7) is 0. The summed E-state index contributed by atoms with van der Waals surface area (Å²) in [5.41, 5.74) is 8.13. The van der Waals surface area contributed by atoms with E-state index in [0.29, 0.717) is 29.3 Å². The Kier molecular flexibility index (Phi) is 2.79. The molecule has 0 amide bonds. The highest BCUT2D eigenvalue weighted by Gasteiger charge is 2.40. The summed E-state index contributed by atoms with van der Waals surface area (Å²) < 4.78 is 14.0. The predicted octanol–water partition coefficient (Wildman–Crippen LogP) is 3.14. The van der Waals surface area contributed by atoms with Crippen LogP contribution in [0.4, 0.5) is 10.1 Å². The first-order valence-electron chi connectivity index (χ1n) is 6.96. The number of rotatable bonds is 2. The summed E-state index contributed by atoms with van der Waals surface area (Å²) in [5, 5.41) is 5.45. The molecule has 0 spiro atoms. The van der Waals surface area contributed by atoms with Crippen LogP contribution in [-0.4, -0.2) is 17.1 Å². The van der Waals surface area contributed by atoms with Gasteiger partial charge in [-0.2, -0.15) is 4.39 Å². The summed E-state index contributed by atoms with van der Waals surface area (Å²) in [6, 6.07) is 4.94. The van der Waals surface area contributed by atoms with Crippen LogP contribution in [0, 0.1) is 5.95 Å². The number of nitrogens with one attached hydrogen (secondary N) is 1. The molecule has 0 radical (unpaired) electrons. The van der Waals surface area contributed by atoms with Gasteiger partial charge < -0.3 is 11.1 Å². The van der Waals surface area contributed by atoms with Crippen LogP contribution in [0.2, 0.25) is 0 Å². The molecule has 2 fully saturated rings. The number of hydrogen-bond donors (Lipinski definition) is 2. The first kappa shape index (κ1) is 12.3. The molecule has 0 aliphatic carbocycles. The minimum atomic E-state index is -0.410. The van der Waals surface area contributed by atoms with E-state index in [4.69, 9.17) is 5.73 Å². The van der Waals surface area contributed by atoms with Gasteiger partial charge in [-0.1, -0.05) is 0 Å². The van der Waals surface area contributed by atoms with Gasteiger partial charge >= 0.3 is 0 Å². The van der Waals surface area contributed by atoms with E-state index in [2.05, 4.69) is 10.3 Å². The quantitative estimate of drug-likeness (QED) is 0.835. The van der Waals surface area contributed by atoms with Crippen LogP contribution in [0.15, 0.2) is 23.7 Å². The standard InChI is InChI=1S/C15H16FN3S/c16-15-12(14-4-9(17)7-20-14)3-8(6-18-15)11-5-10-1-2-13(11)19-10/h3-4,6-7,10-11,13,19H,1-2,5,17H2. The van der Waals surface area contributed by atoms with E-state index in [9.17, 15) is 4.39 Å². The molecule has 5 heteroatoms. The molecule has 0 saturated carbocycles. The number of anilines is 1. The Labute approximate surface area is 121 Å². The van der Waals surface area contributed by atoms with Crippen molar-refractivity contribution in [3.05, 3.63) is 35.2 Å². The van der Waals surface area contributed by atoms with Gasteiger partial charge in [0, 0.05) is 45.7 Å². The fourth-order valence-corrected chi connectivity index (χ4v) is 4.33. The summed E-state index contributed by atoms with van der Waals surface area (Å²) in [6.07, 6.45) is 5.32. The normalized spacial score (nSPS) is 28.1. The van der Waals surface area contributed by atoms with Crippen molar-refractivity contribution in [1.82, 2.24) is 10.3 Å². The zero-order chi connectivity index (χ0) is 13.7. The second-order valence-electron chi connectivity index (χ2n) is 5.74. The summed E-state index contributed by atoms with van der Waals surface area (Å²) >= 11 is 1.46. The number of nitrogens with zero attached hydrogens (tertiary/aromatic N) is 1. The lowest BCUT2D eigenvalue weighted by Crippen LogP contribution is -2.21. The Morgan fingerprint density at radius 2 is 2.25 bits per heavy atom. The van der Waals surface area contributed by atoms with Crippen molar-refractivity contribution in [1.29, 1.82) is 0 Å². The molecule has 4 rings (SSSR count). The average molecular weight is 289 g/mol. The van der Waals surface area contributed by atoms with Crippen molar-refractivity contribution in [2.24, 2.45) is 0 Å². The maximum absolute atomic E-state index is 14.0. The number of aromatic nitrogens is 1. The van der Waals surface area contributed by atoms with Crippen molar-refractivity contribution < 1.29 is 4.39 Å². The van der Waals surface area contributed by atoms with Crippen LogP contribution >= 0.6 is 11.3 Å². The number of hydrogen-bond acceptors (Lipinski definition) is 4. The lowest BCUT2D eigenvalue weighted by Gasteiger charge is -2.20. The van der Waals surface area contributed by atoms with Crippen LogP contribution in [0.1, 0.15) is 30.7 Å². The van der Waals surface area contributed by atoms with Crippen molar-refractivity contribution in [3.63, 3.8) is 0 Å². The van der Waals surface area contributed by atoms with E-state index in [0.717, 1.165) is 16.9 Å². The zero-order valence-corrected chi connectivity index (χ0v) is 11.8. The predicted molar refractivity (Wildman–Crippen MR) is 79.2 cm³/mol. The van der Waals surface area contributed by atoms with Crippen molar-refractivity contribution in [2.45, 2.75) is 37.3 Å². The van der Waals surface area contributed by atoms with E-state index >= 15 is 0 Å². The monoisotopic (exact) mass is 289 g/mol. The maximum atomic E-state index is 14.0.